The maximum atomic E-state index is 8.76. The lowest BCUT2D eigenvalue weighted by molar-refractivity contribution is 0.123. The predicted molar refractivity (Wildman–Crippen MR) is 48.0 cm³/mol. The number of hydrogen-bond acceptors (Lipinski definition) is 4. The Hall–Kier alpha value is -0.290. The monoisotopic (exact) mass is 212 g/mol. The topological polar surface area (TPSA) is 64.9 Å². The molecule has 1 unspecified atom stereocenters. The minimum Gasteiger partial charge on any atom is -0.411 e. The van der Waals surface area contributed by atoms with Crippen molar-refractivity contribution in [2.75, 3.05) is 0 Å². The third-order valence-corrected chi connectivity index (χ3v) is 2.49. The average molecular weight is 213 g/mol. The Morgan fingerprint density at radius 2 is 2.17 bits per heavy atom. The molecule has 0 aromatic carbocycles. The summed E-state index contributed by atoms with van der Waals surface area (Å²) in [5.41, 5.74) is 2.05. The van der Waals surface area contributed by atoms with Gasteiger partial charge in [-0.2, -0.15) is 5.48 Å². The molecular formula is C6H10Cl2N2O2. The average Bonchev–Trinajstić information content (AvgIpc) is 2.13. The molecule has 6 heteroatoms. The van der Waals surface area contributed by atoms with Gasteiger partial charge in [0.25, 0.3) is 0 Å². The van der Waals surface area contributed by atoms with Gasteiger partial charge in [-0.25, -0.2) is 0 Å². The molecule has 0 heterocycles. The lowest BCUT2D eigenvalue weighted by Crippen LogP contribution is -2.47. The van der Waals surface area contributed by atoms with Crippen LogP contribution < -0.4 is 5.48 Å². The number of hydrogen-bond donors (Lipinski definition) is 3. The van der Waals surface area contributed by atoms with Crippen molar-refractivity contribution in [3.05, 3.63) is 10.6 Å². The Morgan fingerprint density at radius 3 is 2.42 bits per heavy atom. The third-order valence-electron chi connectivity index (χ3n) is 1.67. The summed E-state index contributed by atoms with van der Waals surface area (Å²) in [5, 5.41) is 20.3. The van der Waals surface area contributed by atoms with Crippen LogP contribution in [-0.4, -0.2) is 21.7 Å². The highest BCUT2D eigenvalue weighted by atomic mass is 35.5. The molecular weight excluding hydrogens is 203 g/mol. The third kappa shape index (κ3) is 2.10. The number of oxime groups is 1. The highest BCUT2D eigenvalue weighted by Gasteiger charge is 2.31. The van der Waals surface area contributed by atoms with Gasteiger partial charge in [0.05, 0.1) is 10.7 Å². The number of halogens is 2. The molecule has 0 bridgehead atoms. The van der Waals surface area contributed by atoms with Crippen molar-refractivity contribution >= 4 is 28.9 Å². The van der Waals surface area contributed by atoms with Crippen molar-refractivity contribution in [1.82, 2.24) is 5.48 Å². The van der Waals surface area contributed by atoms with Crippen LogP contribution in [0.4, 0.5) is 0 Å². The summed E-state index contributed by atoms with van der Waals surface area (Å²) in [6.45, 7) is 3.01. The quantitative estimate of drug-likeness (QED) is 0.381. The summed E-state index contributed by atoms with van der Waals surface area (Å²) in [4.78, 5) is 0. The van der Waals surface area contributed by atoms with E-state index in [0.717, 1.165) is 5.54 Å². The molecule has 70 valence electrons. The highest BCUT2D eigenvalue weighted by Crippen LogP contribution is 2.22. The second kappa shape index (κ2) is 4.67. The summed E-state index contributed by atoms with van der Waals surface area (Å²) >= 11 is 11.0. The molecule has 0 spiro atoms. The standard InChI is InChI=1S/C6H10Cl2N2O2/c1-4(9-11)6(2,10-12)5(8)3-7/h3,10-12H,1-2H3/b5-3-,9-4+. The van der Waals surface area contributed by atoms with Crippen LogP contribution in [0.25, 0.3) is 0 Å². The zero-order chi connectivity index (χ0) is 9.78. The highest BCUT2D eigenvalue weighted by molar-refractivity contribution is 6.39. The Morgan fingerprint density at radius 1 is 1.67 bits per heavy atom. The molecule has 3 N–H and O–H groups in total. The van der Waals surface area contributed by atoms with Crippen molar-refractivity contribution in [2.45, 2.75) is 19.4 Å². The second-order valence-electron chi connectivity index (χ2n) is 2.38. The Kier molecular flexibility index (Phi) is 4.55. The molecule has 0 fully saturated rings. The zero-order valence-corrected chi connectivity index (χ0v) is 8.19. The minimum absolute atomic E-state index is 0.127. The maximum absolute atomic E-state index is 8.76. The SMILES string of the molecule is C/C(=N\O)C(C)(NO)/C(Cl)=C/Cl. The van der Waals surface area contributed by atoms with E-state index in [-0.39, 0.29) is 10.7 Å². The van der Waals surface area contributed by atoms with E-state index in [2.05, 4.69) is 5.16 Å². The van der Waals surface area contributed by atoms with Gasteiger partial charge in [-0.3, -0.25) is 0 Å². The first-order chi connectivity index (χ1) is 5.52. The van der Waals surface area contributed by atoms with Crippen LogP contribution in [0.1, 0.15) is 13.8 Å². The van der Waals surface area contributed by atoms with Crippen molar-refractivity contribution in [3.63, 3.8) is 0 Å². The van der Waals surface area contributed by atoms with Crippen molar-refractivity contribution in [1.29, 1.82) is 0 Å². The molecule has 0 saturated heterocycles. The van der Waals surface area contributed by atoms with Gasteiger partial charge < -0.3 is 10.4 Å². The van der Waals surface area contributed by atoms with E-state index in [1.165, 1.54) is 13.8 Å². The van der Waals surface area contributed by atoms with Crippen molar-refractivity contribution < 1.29 is 10.4 Å². The molecule has 0 saturated carbocycles. The molecule has 4 nitrogen and oxygen atoms in total. The minimum atomic E-state index is -1.14. The number of nitrogens with one attached hydrogen (secondary N) is 1. The fraction of sp³-hybridized carbons (Fsp3) is 0.500. The first-order valence-electron chi connectivity index (χ1n) is 3.09. The second-order valence-corrected chi connectivity index (χ2v) is 3.00. The Balaban J connectivity index is 4.93. The van der Waals surface area contributed by atoms with Crippen LogP contribution in [0, 0.1) is 0 Å². The molecule has 0 aliphatic rings. The number of rotatable bonds is 3. The Labute approximate surface area is 80.4 Å². The van der Waals surface area contributed by atoms with E-state index in [0.29, 0.717) is 0 Å². The summed E-state index contributed by atoms with van der Waals surface area (Å²) in [6, 6.07) is 0. The summed E-state index contributed by atoms with van der Waals surface area (Å²) in [7, 11) is 0. The van der Waals surface area contributed by atoms with E-state index in [9.17, 15) is 0 Å². The van der Waals surface area contributed by atoms with Gasteiger partial charge in [0.15, 0.2) is 0 Å². The van der Waals surface area contributed by atoms with E-state index < -0.39 is 5.54 Å². The lowest BCUT2D eigenvalue weighted by Gasteiger charge is -2.25. The van der Waals surface area contributed by atoms with Crippen molar-refractivity contribution in [3.8, 4) is 0 Å². The lowest BCUT2D eigenvalue weighted by atomic mass is 9.98. The first kappa shape index (κ1) is 11.7. The van der Waals surface area contributed by atoms with Gasteiger partial charge >= 0.3 is 0 Å². The largest absolute Gasteiger partial charge is 0.411 e. The van der Waals surface area contributed by atoms with E-state index in [1.54, 1.807) is 0 Å². The molecule has 0 radical (unpaired) electrons. The fourth-order valence-corrected chi connectivity index (χ4v) is 0.913. The van der Waals surface area contributed by atoms with E-state index in [1.807, 2.05) is 5.48 Å². The van der Waals surface area contributed by atoms with Crippen LogP contribution >= 0.6 is 23.2 Å². The smallest absolute Gasteiger partial charge is 0.117 e. The number of hydroxylamine groups is 1. The number of nitrogens with zero attached hydrogens (tertiary/aromatic N) is 1. The fourth-order valence-electron chi connectivity index (χ4n) is 0.516. The van der Waals surface area contributed by atoms with E-state index >= 15 is 0 Å². The molecule has 1 atom stereocenters. The first-order valence-corrected chi connectivity index (χ1v) is 3.91. The molecule has 0 aliphatic carbocycles. The normalized spacial score (nSPS) is 19.1. The van der Waals surface area contributed by atoms with Gasteiger partial charge in [0.1, 0.15) is 5.54 Å². The van der Waals surface area contributed by atoms with Crippen LogP contribution in [-0.2, 0) is 0 Å². The molecule has 12 heavy (non-hydrogen) atoms. The Bertz CT molecular complexity index is 198. The van der Waals surface area contributed by atoms with Gasteiger partial charge in [-0.1, -0.05) is 28.4 Å². The van der Waals surface area contributed by atoms with Crippen LogP contribution in [0.15, 0.2) is 15.7 Å². The molecule has 0 aromatic rings. The van der Waals surface area contributed by atoms with Crippen molar-refractivity contribution in [2.24, 2.45) is 5.16 Å². The molecule has 0 aromatic heterocycles. The summed E-state index contributed by atoms with van der Waals surface area (Å²) < 4.78 is 0. The molecule has 0 rings (SSSR count). The predicted octanol–water partition coefficient (Wildman–Crippen LogP) is 1.89. The van der Waals surface area contributed by atoms with Crippen LogP contribution in [0.5, 0.6) is 0 Å². The van der Waals surface area contributed by atoms with Crippen LogP contribution in [0.2, 0.25) is 0 Å². The zero-order valence-electron chi connectivity index (χ0n) is 6.67. The van der Waals surface area contributed by atoms with Gasteiger partial charge in [0.2, 0.25) is 0 Å². The van der Waals surface area contributed by atoms with E-state index in [4.69, 9.17) is 33.6 Å². The maximum Gasteiger partial charge on any atom is 0.117 e. The summed E-state index contributed by atoms with van der Waals surface area (Å²) in [5.74, 6) is 0. The molecule has 0 aliphatic heterocycles. The van der Waals surface area contributed by atoms with Gasteiger partial charge in [-0.15, -0.1) is 0 Å². The van der Waals surface area contributed by atoms with Gasteiger partial charge in [0, 0.05) is 5.54 Å². The summed E-state index contributed by atoms with van der Waals surface area (Å²) in [6.07, 6.45) is 0. The van der Waals surface area contributed by atoms with Gasteiger partial charge in [-0.05, 0) is 13.8 Å². The molecule has 0 amide bonds. The van der Waals surface area contributed by atoms with Crippen LogP contribution in [0.3, 0.4) is 0 Å².